The van der Waals surface area contributed by atoms with E-state index in [1.807, 2.05) is 17.7 Å². The maximum absolute atomic E-state index is 2.90. The first-order valence-electron chi connectivity index (χ1n) is 1.64. The Kier molecular flexibility index (Phi) is 1.22. The SMILES string of the molecule is [C]1=CSNC=C1. The largest absolute Gasteiger partial charge is 0.333 e. The van der Waals surface area contributed by atoms with E-state index in [1.165, 1.54) is 11.9 Å². The lowest BCUT2D eigenvalue weighted by Crippen LogP contribution is -1.88. The van der Waals surface area contributed by atoms with Crippen LogP contribution in [-0.4, -0.2) is 0 Å². The quantitative estimate of drug-likeness (QED) is 0.455. The molecule has 0 amide bonds. The number of hydrogen-bond acceptors (Lipinski definition) is 2. The molecule has 1 rings (SSSR count). The van der Waals surface area contributed by atoms with E-state index >= 15 is 0 Å². The molecule has 0 aromatic heterocycles. The molecule has 0 unspecified atom stereocenters. The van der Waals surface area contributed by atoms with Gasteiger partial charge in [0.05, 0.1) is 0 Å². The fourth-order valence-electron chi connectivity index (χ4n) is 0.229. The molecule has 0 aromatic carbocycles. The zero-order valence-electron chi connectivity index (χ0n) is 3.14. The van der Waals surface area contributed by atoms with Crippen LogP contribution >= 0.6 is 11.9 Å². The van der Waals surface area contributed by atoms with Crippen LogP contribution in [0.2, 0.25) is 0 Å². The Morgan fingerprint density at radius 1 is 1.67 bits per heavy atom. The summed E-state index contributed by atoms with van der Waals surface area (Å²) >= 11 is 1.52. The van der Waals surface area contributed by atoms with Gasteiger partial charge in [0, 0.05) is 11.6 Å². The number of allylic oxidation sites excluding steroid dienone is 2. The van der Waals surface area contributed by atoms with E-state index in [-0.39, 0.29) is 0 Å². The molecule has 1 radical (unpaired) electrons. The monoisotopic (exact) mass is 98.0 g/mol. The van der Waals surface area contributed by atoms with Crippen molar-refractivity contribution in [3.63, 3.8) is 0 Å². The third kappa shape index (κ3) is 0.792. The minimum absolute atomic E-state index is 1.52. The van der Waals surface area contributed by atoms with Crippen molar-refractivity contribution in [2.75, 3.05) is 0 Å². The van der Waals surface area contributed by atoms with Gasteiger partial charge in [0.1, 0.15) is 0 Å². The normalized spacial score (nSPS) is 17.3. The summed E-state index contributed by atoms with van der Waals surface area (Å²) in [5, 5.41) is 1.86. The molecule has 0 saturated carbocycles. The summed E-state index contributed by atoms with van der Waals surface area (Å²) in [7, 11) is 0. The Morgan fingerprint density at radius 2 is 2.67 bits per heavy atom. The fraction of sp³-hybridized carbons (Fsp3) is 0. The Balaban J connectivity index is 2.46. The van der Waals surface area contributed by atoms with Crippen LogP contribution < -0.4 is 4.72 Å². The molecule has 1 heterocycles. The molecular weight excluding hydrogens is 94.1 g/mol. The van der Waals surface area contributed by atoms with Crippen LogP contribution in [0, 0.1) is 6.08 Å². The lowest BCUT2D eigenvalue weighted by atomic mass is 10.6. The highest BCUT2D eigenvalue weighted by atomic mass is 32.2. The maximum atomic E-state index is 2.90. The van der Waals surface area contributed by atoms with Gasteiger partial charge in [-0.15, -0.1) is 0 Å². The van der Waals surface area contributed by atoms with Gasteiger partial charge in [-0.05, 0) is 24.1 Å². The van der Waals surface area contributed by atoms with Gasteiger partial charge in [0.15, 0.2) is 0 Å². The molecule has 31 valence electrons. The maximum Gasteiger partial charge on any atom is 0.00818 e. The van der Waals surface area contributed by atoms with Gasteiger partial charge >= 0.3 is 0 Å². The highest BCUT2D eigenvalue weighted by Gasteiger charge is 1.75. The Hall–Kier alpha value is -0.370. The summed E-state index contributed by atoms with van der Waals surface area (Å²) in [6, 6.07) is 0. The predicted molar refractivity (Wildman–Crippen MR) is 27.7 cm³/mol. The molecule has 1 aliphatic heterocycles. The molecule has 6 heavy (non-hydrogen) atoms. The van der Waals surface area contributed by atoms with Gasteiger partial charge < -0.3 is 4.72 Å². The van der Waals surface area contributed by atoms with E-state index in [0.29, 0.717) is 0 Å². The van der Waals surface area contributed by atoms with Gasteiger partial charge in [0.2, 0.25) is 0 Å². The van der Waals surface area contributed by atoms with Crippen LogP contribution in [0.3, 0.4) is 0 Å². The Labute approximate surface area is 41.3 Å². The topological polar surface area (TPSA) is 12.0 Å². The van der Waals surface area contributed by atoms with Crippen molar-refractivity contribution in [2.24, 2.45) is 0 Å². The fourth-order valence-corrected chi connectivity index (χ4v) is 0.590. The van der Waals surface area contributed by atoms with Crippen LogP contribution in [0.25, 0.3) is 0 Å². The van der Waals surface area contributed by atoms with Gasteiger partial charge in [-0.1, -0.05) is 0 Å². The summed E-state index contributed by atoms with van der Waals surface area (Å²) in [6.07, 6.45) is 6.55. The van der Waals surface area contributed by atoms with Crippen LogP contribution in [0.4, 0.5) is 0 Å². The molecule has 1 aliphatic rings. The third-order valence-electron chi connectivity index (χ3n) is 0.443. The van der Waals surface area contributed by atoms with Crippen molar-refractivity contribution in [2.45, 2.75) is 0 Å². The highest BCUT2D eigenvalue weighted by Crippen LogP contribution is 1.97. The second kappa shape index (κ2) is 1.92. The van der Waals surface area contributed by atoms with Crippen LogP contribution in [0.1, 0.15) is 0 Å². The first kappa shape index (κ1) is 3.81. The molecule has 1 N–H and O–H groups in total. The van der Waals surface area contributed by atoms with E-state index in [2.05, 4.69) is 10.8 Å². The lowest BCUT2D eigenvalue weighted by molar-refractivity contribution is 1.41. The van der Waals surface area contributed by atoms with Gasteiger partial charge in [-0.25, -0.2) is 0 Å². The second-order valence-corrected chi connectivity index (χ2v) is 1.56. The smallest absolute Gasteiger partial charge is 0.00818 e. The lowest BCUT2D eigenvalue weighted by Gasteiger charge is -1.92. The highest BCUT2D eigenvalue weighted by molar-refractivity contribution is 8.00. The third-order valence-corrected chi connectivity index (χ3v) is 0.969. The van der Waals surface area contributed by atoms with E-state index in [4.69, 9.17) is 0 Å². The summed E-state index contributed by atoms with van der Waals surface area (Å²) in [5.74, 6) is 0. The number of hydrogen-bond donors (Lipinski definition) is 1. The predicted octanol–water partition coefficient (Wildman–Crippen LogP) is 1.07. The molecule has 0 saturated heterocycles. The van der Waals surface area contributed by atoms with E-state index < -0.39 is 0 Å². The number of nitrogens with one attached hydrogen (secondary N) is 1. The van der Waals surface area contributed by atoms with E-state index in [1.54, 1.807) is 0 Å². The van der Waals surface area contributed by atoms with Crippen molar-refractivity contribution in [3.05, 3.63) is 23.8 Å². The molecule has 2 heteroatoms. The van der Waals surface area contributed by atoms with Crippen molar-refractivity contribution >= 4 is 11.9 Å². The van der Waals surface area contributed by atoms with Crippen LogP contribution in [-0.2, 0) is 0 Å². The molecule has 0 fully saturated rings. The van der Waals surface area contributed by atoms with Gasteiger partial charge in [-0.3, -0.25) is 0 Å². The average Bonchev–Trinajstić information content (AvgIpc) is 1.72. The van der Waals surface area contributed by atoms with Gasteiger partial charge in [0.25, 0.3) is 0 Å². The van der Waals surface area contributed by atoms with Crippen LogP contribution in [0.5, 0.6) is 0 Å². The Morgan fingerprint density at radius 3 is 2.83 bits per heavy atom. The summed E-state index contributed by atoms with van der Waals surface area (Å²) in [5.41, 5.74) is 0. The molecule has 0 aromatic rings. The molecule has 0 aliphatic carbocycles. The van der Waals surface area contributed by atoms with Gasteiger partial charge in [-0.2, -0.15) is 0 Å². The average molecular weight is 98.1 g/mol. The first-order chi connectivity index (χ1) is 3.00. The zero-order chi connectivity index (χ0) is 4.24. The first-order valence-corrected chi connectivity index (χ1v) is 2.52. The van der Waals surface area contributed by atoms with Crippen molar-refractivity contribution in [1.82, 2.24) is 4.72 Å². The van der Waals surface area contributed by atoms with Crippen LogP contribution in [0.15, 0.2) is 17.7 Å². The van der Waals surface area contributed by atoms with E-state index in [0.717, 1.165) is 0 Å². The van der Waals surface area contributed by atoms with Crippen molar-refractivity contribution in [3.8, 4) is 0 Å². The molecule has 0 atom stereocenters. The summed E-state index contributed by atoms with van der Waals surface area (Å²) < 4.78 is 2.90. The molecular formula is C4H4NS. The summed E-state index contributed by atoms with van der Waals surface area (Å²) in [4.78, 5) is 0. The standard InChI is InChI=1S/C4H4NS/c1-2-4-6-5-3-1/h1,3-5H. The minimum Gasteiger partial charge on any atom is -0.333 e. The second-order valence-electron chi connectivity index (χ2n) is 0.854. The molecule has 0 spiro atoms. The van der Waals surface area contributed by atoms with Crippen molar-refractivity contribution < 1.29 is 0 Å². The van der Waals surface area contributed by atoms with E-state index in [9.17, 15) is 0 Å². The summed E-state index contributed by atoms with van der Waals surface area (Å²) in [6.45, 7) is 0. The number of rotatable bonds is 0. The zero-order valence-corrected chi connectivity index (χ0v) is 3.96. The van der Waals surface area contributed by atoms with Crippen molar-refractivity contribution in [1.29, 1.82) is 0 Å². The molecule has 1 nitrogen and oxygen atoms in total. The molecule has 0 bridgehead atoms. The Bertz CT molecular complexity index is 73.5. The minimum atomic E-state index is 1.52.